The first-order chi connectivity index (χ1) is 17.5. The lowest BCUT2D eigenvalue weighted by Crippen LogP contribution is -2.08. The fourth-order valence-corrected chi connectivity index (χ4v) is 5.14. The Morgan fingerprint density at radius 2 is 1.94 bits per heavy atom. The van der Waals surface area contributed by atoms with E-state index in [1.54, 1.807) is 19.4 Å². The molecule has 182 valence electrons. The number of nitrogens with zero attached hydrogens (tertiary/aromatic N) is 1. The summed E-state index contributed by atoms with van der Waals surface area (Å²) < 4.78 is 18.3. The highest BCUT2D eigenvalue weighted by atomic mass is 32.1. The molecule has 0 radical (unpaired) electrons. The summed E-state index contributed by atoms with van der Waals surface area (Å²) in [6, 6.07) is 17.7. The number of furan rings is 1. The fourth-order valence-electron chi connectivity index (χ4n) is 4.27. The number of hydrogen-bond acceptors (Lipinski definition) is 6. The van der Waals surface area contributed by atoms with Gasteiger partial charge in [-0.3, -0.25) is 10.1 Å². The molecule has 0 fully saturated rings. The second kappa shape index (κ2) is 9.87. The summed E-state index contributed by atoms with van der Waals surface area (Å²) in [5.41, 5.74) is 6.12. The number of rotatable bonds is 7. The Bertz CT molecular complexity index is 1560. The molecule has 0 bridgehead atoms. The Kier molecular flexibility index (Phi) is 6.48. The van der Waals surface area contributed by atoms with E-state index in [2.05, 4.69) is 10.3 Å². The number of benzene rings is 3. The van der Waals surface area contributed by atoms with Crippen molar-refractivity contribution < 1.29 is 18.7 Å². The van der Waals surface area contributed by atoms with Crippen LogP contribution < -0.4 is 14.8 Å². The van der Waals surface area contributed by atoms with Crippen LogP contribution in [0.4, 0.5) is 5.13 Å². The average Bonchev–Trinajstić information content (AvgIpc) is 3.49. The zero-order valence-electron chi connectivity index (χ0n) is 20.5. The first kappa shape index (κ1) is 23.6. The first-order valence-electron chi connectivity index (χ1n) is 11.7. The van der Waals surface area contributed by atoms with Gasteiger partial charge in [0.25, 0.3) is 0 Å². The van der Waals surface area contributed by atoms with Crippen LogP contribution in [0.1, 0.15) is 25.0 Å². The Balaban J connectivity index is 1.53. The van der Waals surface area contributed by atoms with Crippen molar-refractivity contribution >= 4 is 49.1 Å². The molecular weight excluding hydrogens is 472 g/mol. The molecule has 36 heavy (non-hydrogen) atoms. The summed E-state index contributed by atoms with van der Waals surface area (Å²) in [6.07, 6.45) is 3.35. The molecule has 0 saturated carbocycles. The van der Waals surface area contributed by atoms with Gasteiger partial charge in [-0.1, -0.05) is 35.6 Å². The van der Waals surface area contributed by atoms with Gasteiger partial charge in [-0.2, -0.15) is 0 Å². The van der Waals surface area contributed by atoms with Crippen LogP contribution in [-0.2, 0) is 4.79 Å². The van der Waals surface area contributed by atoms with Crippen LogP contribution in [0.25, 0.3) is 37.9 Å². The van der Waals surface area contributed by atoms with Crippen molar-refractivity contribution in [3.8, 4) is 22.6 Å². The van der Waals surface area contributed by atoms with Crippen LogP contribution in [0.5, 0.6) is 11.5 Å². The molecule has 2 aromatic heterocycles. The molecule has 0 spiro atoms. The number of para-hydroxylation sites is 1. The molecule has 0 atom stereocenters. The zero-order chi connectivity index (χ0) is 25.2. The van der Waals surface area contributed by atoms with Gasteiger partial charge < -0.3 is 13.9 Å². The average molecular weight is 499 g/mol. The van der Waals surface area contributed by atoms with Crippen LogP contribution in [0, 0.1) is 6.92 Å². The number of thiazole rings is 1. The summed E-state index contributed by atoms with van der Waals surface area (Å²) in [5, 5.41) is 4.42. The monoisotopic (exact) mass is 498 g/mol. The summed E-state index contributed by atoms with van der Waals surface area (Å²) >= 11 is 1.45. The minimum absolute atomic E-state index is 0.241. The molecule has 0 saturated heterocycles. The Morgan fingerprint density at radius 1 is 1.17 bits per heavy atom. The topological polar surface area (TPSA) is 73.6 Å². The standard InChI is InChI=1S/C29H26N2O4S/c1-5-34-27-18(3)28-22(23(16-35-28)19-10-12-20(33-4)13-11-19)15-21(27)17(2)14-26(32)31-29-30-24-8-6-7-9-25(24)36-29/h6-16H,5H2,1-4H3,(H,30,31,32)/b17-14+. The van der Waals surface area contributed by atoms with Crippen molar-refractivity contribution in [1.82, 2.24) is 4.98 Å². The molecular formula is C29H26N2O4S. The number of methoxy groups -OCH3 is 1. The molecule has 7 heteroatoms. The lowest BCUT2D eigenvalue weighted by molar-refractivity contribution is -0.111. The Morgan fingerprint density at radius 3 is 2.67 bits per heavy atom. The number of carbonyl (C=O) groups is 1. The number of aromatic nitrogens is 1. The third kappa shape index (κ3) is 4.45. The Hall–Kier alpha value is -4.10. The summed E-state index contributed by atoms with van der Waals surface area (Å²) in [4.78, 5) is 17.4. The number of amides is 1. The lowest BCUT2D eigenvalue weighted by Gasteiger charge is -2.15. The number of aryl methyl sites for hydroxylation is 1. The molecule has 2 heterocycles. The van der Waals surface area contributed by atoms with E-state index in [4.69, 9.17) is 13.9 Å². The molecule has 3 aromatic carbocycles. The van der Waals surface area contributed by atoms with Crippen LogP contribution >= 0.6 is 11.3 Å². The first-order valence-corrected chi connectivity index (χ1v) is 12.5. The molecule has 0 aliphatic heterocycles. The van der Waals surface area contributed by atoms with Gasteiger partial charge in [0.2, 0.25) is 5.91 Å². The van der Waals surface area contributed by atoms with Crippen molar-refractivity contribution in [2.75, 3.05) is 19.0 Å². The van der Waals surface area contributed by atoms with Crippen LogP contribution in [0.15, 0.2) is 71.4 Å². The summed E-state index contributed by atoms with van der Waals surface area (Å²) in [5.74, 6) is 1.26. The van der Waals surface area contributed by atoms with Crippen molar-refractivity contribution in [3.05, 3.63) is 78.1 Å². The maximum atomic E-state index is 12.9. The third-order valence-electron chi connectivity index (χ3n) is 6.03. The van der Waals surface area contributed by atoms with E-state index in [1.807, 2.05) is 75.4 Å². The van der Waals surface area contributed by atoms with Crippen molar-refractivity contribution in [3.63, 3.8) is 0 Å². The van der Waals surface area contributed by atoms with Gasteiger partial charge >= 0.3 is 0 Å². The van der Waals surface area contributed by atoms with Crippen LogP contribution in [0.2, 0.25) is 0 Å². The molecule has 5 aromatic rings. The largest absolute Gasteiger partial charge is 0.497 e. The van der Waals surface area contributed by atoms with E-state index >= 15 is 0 Å². The Labute approximate surface area is 213 Å². The predicted octanol–water partition coefficient (Wildman–Crippen LogP) is 7.47. The van der Waals surface area contributed by atoms with Gasteiger partial charge in [0.15, 0.2) is 5.13 Å². The van der Waals surface area contributed by atoms with E-state index < -0.39 is 0 Å². The molecule has 6 nitrogen and oxygen atoms in total. The number of nitrogens with one attached hydrogen (secondary N) is 1. The van der Waals surface area contributed by atoms with E-state index in [9.17, 15) is 4.79 Å². The minimum atomic E-state index is -0.241. The van der Waals surface area contributed by atoms with E-state index in [0.29, 0.717) is 17.5 Å². The smallest absolute Gasteiger partial charge is 0.250 e. The van der Waals surface area contributed by atoms with Gasteiger partial charge in [0.1, 0.15) is 17.1 Å². The fraction of sp³-hybridized carbons (Fsp3) is 0.172. The number of ether oxygens (including phenoxy) is 2. The number of allylic oxidation sites excluding steroid dienone is 1. The number of anilines is 1. The molecule has 1 N–H and O–H groups in total. The van der Waals surface area contributed by atoms with Crippen molar-refractivity contribution in [2.24, 2.45) is 0 Å². The molecule has 0 aliphatic rings. The van der Waals surface area contributed by atoms with E-state index in [1.165, 1.54) is 11.3 Å². The predicted molar refractivity (Wildman–Crippen MR) is 146 cm³/mol. The SMILES string of the molecule is CCOc1c(/C(C)=C/C(=O)Nc2nc3ccccc3s2)cc2c(-c3ccc(OC)cc3)coc2c1C. The lowest BCUT2D eigenvalue weighted by atomic mass is 9.96. The second-order valence-corrected chi connectivity index (χ2v) is 9.40. The maximum Gasteiger partial charge on any atom is 0.250 e. The van der Waals surface area contributed by atoms with E-state index in [0.717, 1.165) is 54.8 Å². The van der Waals surface area contributed by atoms with Crippen molar-refractivity contribution in [1.29, 1.82) is 0 Å². The molecule has 0 unspecified atom stereocenters. The van der Waals surface area contributed by atoms with Gasteiger partial charge in [0.05, 0.1) is 30.2 Å². The number of carbonyl (C=O) groups excluding carboxylic acids is 1. The summed E-state index contributed by atoms with van der Waals surface area (Å²) in [7, 11) is 1.65. The van der Waals surface area contributed by atoms with Crippen LogP contribution in [0.3, 0.4) is 0 Å². The molecule has 0 aliphatic carbocycles. The zero-order valence-corrected chi connectivity index (χ0v) is 21.4. The highest BCUT2D eigenvalue weighted by Crippen LogP contribution is 2.41. The van der Waals surface area contributed by atoms with Gasteiger partial charge in [-0.25, -0.2) is 4.98 Å². The minimum Gasteiger partial charge on any atom is -0.497 e. The quantitative estimate of drug-likeness (QED) is 0.236. The third-order valence-corrected chi connectivity index (χ3v) is 6.98. The van der Waals surface area contributed by atoms with Crippen LogP contribution in [-0.4, -0.2) is 24.6 Å². The number of fused-ring (bicyclic) bond motifs is 2. The molecule has 5 rings (SSSR count). The second-order valence-electron chi connectivity index (χ2n) is 8.37. The van der Waals surface area contributed by atoms with Crippen molar-refractivity contribution in [2.45, 2.75) is 20.8 Å². The van der Waals surface area contributed by atoms with E-state index in [-0.39, 0.29) is 5.91 Å². The molecule has 1 amide bonds. The maximum absolute atomic E-state index is 12.9. The van der Waals surface area contributed by atoms with Gasteiger partial charge in [-0.15, -0.1) is 0 Å². The highest BCUT2D eigenvalue weighted by molar-refractivity contribution is 7.22. The number of hydrogen-bond donors (Lipinski definition) is 1. The van der Waals surface area contributed by atoms with Gasteiger partial charge in [-0.05, 0) is 62.2 Å². The highest BCUT2D eigenvalue weighted by Gasteiger charge is 2.19. The normalized spacial score (nSPS) is 11.7. The van der Waals surface area contributed by atoms with Gasteiger partial charge in [0, 0.05) is 28.2 Å². The summed E-state index contributed by atoms with van der Waals surface area (Å²) in [6.45, 7) is 6.33.